The summed E-state index contributed by atoms with van der Waals surface area (Å²) < 4.78 is 5.53. The van der Waals surface area contributed by atoms with E-state index in [4.69, 9.17) is 21.4 Å². The van der Waals surface area contributed by atoms with Gasteiger partial charge in [0.1, 0.15) is 0 Å². The lowest BCUT2D eigenvalue weighted by atomic mass is 10.1. The van der Waals surface area contributed by atoms with Gasteiger partial charge in [0, 0.05) is 24.2 Å². The molecule has 1 fully saturated rings. The van der Waals surface area contributed by atoms with Gasteiger partial charge in [-0.3, -0.25) is 4.90 Å². The van der Waals surface area contributed by atoms with Crippen molar-refractivity contribution in [1.29, 1.82) is 0 Å². The predicted molar refractivity (Wildman–Crippen MR) is 72.9 cm³/mol. The van der Waals surface area contributed by atoms with Crippen LogP contribution in [-0.4, -0.2) is 41.9 Å². The Morgan fingerprint density at radius 3 is 2.94 bits per heavy atom. The summed E-state index contributed by atoms with van der Waals surface area (Å²) in [5, 5.41) is 9.98. The lowest BCUT2D eigenvalue weighted by molar-refractivity contribution is -0.0805. The summed E-state index contributed by atoms with van der Waals surface area (Å²) in [6.07, 6.45) is -0.0675. The summed E-state index contributed by atoms with van der Waals surface area (Å²) in [5.74, 6) is 0. The first kappa shape index (κ1) is 13.8. The highest BCUT2D eigenvalue weighted by molar-refractivity contribution is 6.31. The molecule has 0 aliphatic carbocycles. The number of benzene rings is 1. The number of rotatable bonds is 3. The number of halogens is 1. The molecule has 1 saturated heterocycles. The molecule has 4 heteroatoms. The normalized spacial score (nSPS) is 25.3. The molecule has 1 aliphatic heterocycles. The fraction of sp³-hybridized carbons (Fsp3) is 0.571. The molecule has 1 aromatic carbocycles. The number of hydrogen-bond donors (Lipinski definition) is 1. The molecule has 0 amide bonds. The minimum absolute atomic E-state index is 0.0675. The topological polar surface area (TPSA) is 32.7 Å². The number of ether oxygens (including phenoxy) is 1. The van der Waals surface area contributed by atoms with Gasteiger partial charge in [0.25, 0.3) is 0 Å². The lowest BCUT2D eigenvalue weighted by Gasteiger charge is -2.37. The quantitative estimate of drug-likeness (QED) is 0.913. The van der Waals surface area contributed by atoms with Gasteiger partial charge in [0.2, 0.25) is 0 Å². The number of hydrogen-bond acceptors (Lipinski definition) is 3. The van der Waals surface area contributed by atoms with Crippen molar-refractivity contribution in [3.05, 3.63) is 34.3 Å². The van der Waals surface area contributed by atoms with Crippen molar-refractivity contribution >= 4 is 11.6 Å². The third kappa shape index (κ3) is 3.23. The molecule has 0 bridgehead atoms. The van der Waals surface area contributed by atoms with Gasteiger partial charge in [-0.2, -0.15) is 0 Å². The number of aliphatic hydroxyl groups is 1. The van der Waals surface area contributed by atoms with Crippen LogP contribution < -0.4 is 0 Å². The molecule has 1 heterocycles. The van der Waals surface area contributed by atoms with Crippen molar-refractivity contribution in [3.63, 3.8) is 0 Å². The van der Waals surface area contributed by atoms with Crippen molar-refractivity contribution in [1.82, 2.24) is 4.90 Å². The average molecular weight is 270 g/mol. The maximum absolute atomic E-state index is 9.17. The summed E-state index contributed by atoms with van der Waals surface area (Å²) in [6, 6.07) is 6.55. The first-order valence-corrected chi connectivity index (χ1v) is 6.69. The minimum Gasteiger partial charge on any atom is -0.394 e. The fourth-order valence-electron chi connectivity index (χ4n) is 2.18. The maximum atomic E-state index is 9.17. The molecule has 1 aliphatic rings. The van der Waals surface area contributed by atoms with Crippen molar-refractivity contribution in [3.8, 4) is 0 Å². The molecule has 100 valence electrons. The second kappa shape index (κ2) is 6.02. The van der Waals surface area contributed by atoms with E-state index >= 15 is 0 Å². The van der Waals surface area contributed by atoms with Gasteiger partial charge in [-0.15, -0.1) is 0 Å². The molecule has 0 unspecified atom stereocenters. The van der Waals surface area contributed by atoms with E-state index < -0.39 is 0 Å². The van der Waals surface area contributed by atoms with E-state index in [1.54, 1.807) is 0 Å². The van der Waals surface area contributed by atoms with Gasteiger partial charge in [-0.25, -0.2) is 0 Å². The van der Waals surface area contributed by atoms with Crippen molar-refractivity contribution in [2.24, 2.45) is 0 Å². The largest absolute Gasteiger partial charge is 0.394 e. The van der Waals surface area contributed by atoms with Crippen molar-refractivity contribution in [2.75, 3.05) is 19.8 Å². The van der Waals surface area contributed by atoms with Crippen LogP contribution >= 0.6 is 11.6 Å². The van der Waals surface area contributed by atoms with Crippen LogP contribution in [0.4, 0.5) is 0 Å². The lowest BCUT2D eigenvalue weighted by Crippen LogP contribution is -2.48. The summed E-state index contributed by atoms with van der Waals surface area (Å²) >= 11 is 6.14. The maximum Gasteiger partial charge on any atom is 0.0933 e. The molecule has 2 rings (SSSR count). The standard InChI is InChI=1S/C14H20ClNO2/c1-10-3-4-12(5-14(10)15)6-16-7-13(8-17)18-9-11(16)2/h3-5,11,13,17H,6-9H2,1-2H3/t11-,13-/m1/s1. The van der Waals surface area contributed by atoms with Crippen molar-refractivity contribution in [2.45, 2.75) is 32.5 Å². The highest BCUT2D eigenvalue weighted by atomic mass is 35.5. The molecular weight excluding hydrogens is 250 g/mol. The molecule has 1 aromatic rings. The predicted octanol–water partition coefficient (Wildman–Crippen LogP) is 2.23. The van der Waals surface area contributed by atoms with Crippen LogP contribution in [0.2, 0.25) is 5.02 Å². The molecule has 3 nitrogen and oxygen atoms in total. The first-order chi connectivity index (χ1) is 8.60. The van der Waals surface area contributed by atoms with E-state index in [1.165, 1.54) is 5.56 Å². The molecule has 2 atom stereocenters. The molecule has 18 heavy (non-hydrogen) atoms. The summed E-state index contributed by atoms with van der Waals surface area (Å²) in [4.78, 5) is 2.32. The first-order valence-electron chi connectivity index (χ1n) is 6.31. The van der Waals surface area contributed by atoms with E-state index in [-0.39, 0.29) is 12.7 Å². The van der Waals surface area contributed by atoms with E-state index in [2.05, 4.69) is 17.9 Å². The SMILES string of the molecule is Cc1ccc(CN2C[C@H](CO)OC[C@H]2C)cc1Cl. The Balaban J connectivity index is 2.04. The zero-order valence-electron chi connectivity index (χ0n) is 10.9. The monoisotopic (exact) mass is 269 g/mol. The van der Waals surface area contributed by atoms with Gasteiger partial charge in [0.15, 0.2) is 0 Å². The number of aryl methyl sites for hydroxylation is 1. The van der Waals surface area contributed by atoms with E-state index in [1.807, 2.05) is 19.1 Å². The van der Waals surface area contributed by atoms with Crippen molar-refractivity contribution < 1.29 is 9.84 Å². The number of morpholine rings is 1. The average Bonchev–Trinajstić information content (AvgIpc) is 2.36. The molecule has 0 spiro atoms. The zero-order valence-corrected chi connectivity index (χ0v) is 11.7. The highest BCUT2D eigenvalue weighted by Gasteiger charge is 2.25. The van der Waals surface area contributed by atoms with E-state index in [0.717, 1.165) is 23.7 Å². The number of aliphatic hydroxyl groups excluding tert-OH is 1. The Morgan fingerprint density at radius 2 is 2.28 bits per heavy atom. The summed E-state index contributed by atoms with van der Waals surface area (Å²) in [6.45, 7) is 6.52. The Hall–Kier alpha value is -0.610. The van der Waals surface area contributed by atoms with Crippen LogP contribution in [0.5, 0.6) is 0 Å². The van der Waals surface area contributed by atoms with Gasteiger partial charge >= 0.3 is 0 Å². The minimum atomic E-state index is -0.0675. The number of nitrogens with zero attached hydrogens (tertiary/aromatic N) is 1. The van der Waals surface area contributed by atoms with Crippen LogP contribution in [0.25, 0.3) is 0 Å². The van der Waals surface area contributed by atoms with E-state index in [0.29, 0.717) is 12.6 Å². The van der Waals surface area contributed by atoms with Crippen LogP contribution in [0, 0.1) is 6.92 Å². The van der Waals surface area contributed by atoms with Gasteiger partial charge < -0.3 is 9.84 Å². The second-order valence-corrected chi connectivity index (χ2v) is 5.41. The van der Waals surface area contributed by atoms with Crippen LogP contribution in [0.3, 0.4) is 0 Å². The molecule has 1 N–H and O–H groups in total. The molecule has 0 radical (unpaired) electrons. The molecule has 0 saturated carbocycles. The summed E-state index contributed by atoms with van der Waals surface area (Å²) in [5.41, 5.74) is 2.31. The zero-order chi connectivity index (χ0) is 13.1. The third-order valence-corrected chi connectivity index (χ3v) is 3.87. The molecule has 0 aromatic heterocycles. The van der Waals surface area contributed by atoms with E-state index in [9.17, 15) is 0 Å². The summed E-state index contributed by atoms with van der Waals surface area (Å²) in [7, 11) is 0. The van der Waals surface area contributed by atoms with Gasteiger partial charge in [-0.1, -0.05) is 23.7 Å². The van der Waals surface area contributed by atoms with Crippen LogP contribution in [-0.2, 0) is 11.3 Å². The Kier molecular flexibility index (Phi) is 4.62. The third-order valence-electron chi connectivity index (χ3n) is 3.46. The smallest absolute Gasteiger partial charge is 0.0933 e. The van der Waals surface area contributed by atoms with Gasteiger partial charge in [0.05, 0.1) is 19.3 Å². The highest BCUT2D eigenvalue weighted by Crippen LogP contribution is 2.20. The molecular formula is C14H20ClNO2. The second-order valence-electron chi connectivity index (χ2n) is 5.00. The van der Waals surface area contributed by atoms with Gasteiger partial charge in [-0.05, 0) is 31.0 Å². The Bertz CT molecular complexity index is 411. The fourth-order valence-corrected chi connectivity index (χ4v) is 2.38. The Labute approximate surface area is 113 Å². The van der Waals surface area contributed by atoms with Crippen LogP contribution in [0.1, 0.15) is 18.1 Å². The Morgan fingerprint density at radius 1 is 1.50 bits per heavy atom. The van der Waals surface area contributed by atoms with Crippen LogP contribution in [0.15, 0.2) is 18.2 Å².